The Hall–Kier alpha value is -3.11. The minimum Gasteiger partial charge on any atom is -0.238 e. The van der Waals surface area contributed by atoms with Crippen molar-refractivity contribution >= 4 is 17.8 Å². The van der Waals surface area contributed by atoms with Crippen molar-refractivity contribution in [2.45, 2.75) is 0 Å². The molecule has 0 saturated carbocycles. The van der Waals surface area contributed by atoms with E-state index in [1.165, 1.54) is 11.1 Å². The fourth-order valence-corrected chi connectivity index (χ4v) is 2.33. The highest BCUT2D eigenvalue weighted by Gasteiger charge is 1.98. The maximum Gasteiger partial charge on any atom is 0.194 e. The van der Waals surface area contributed by atoms with E-state index in [0.717, 1.165) is 11.1 Å². The zero-order valence-corrected chi connectivity index (χ0v) is 12.1. The number of benzene rings is 3. The molecule has 0 fully saturated rings. The summed E-state index contributed by atoms with van der Waals surface area (Å²) in [6.45, 7) is 7.18. The standard InChI is InChI=1S/C21H15N/c1-22-21-10-6-5-9-20(21)16-13-17-11-14-19(15-12-17)18-7-3-2-4-8-18/h2-16H/b16-13+. The smallest absolute Gasteiger partial charge is 0.194 e. The molecule has 0 atom stereocenters. The molecule has 0 unspecified atom stereocenters. The van der Waals surface area contributed by atoms with Gasteiger partial charge in [0.05, 0.1) is 6.57 Å². The van der Waals surface area contributed by atoms with E-state index in [0.29, 0.717) is 5.69 Å². The molecule has 0 saturated heterocycles. The molecule has 0 spiro atoms. The van der Waals surface area contributed by atoms with Crippen LogP contribution in [0.15, 0.2) is 78.9 Å². The number of hydrogen-bond acceptors (Lipinski definition) is 0. The first kappa shape index (κ1) is 13.9. The van der Waals surface area contributed by atoms with Crippen molar-refractivity contribution in [3.8, 4) is 11.1 Å². The van der Waals surface area contributed by atoms with E-state index in [2.05, 4.69) is 41.2 Å². The van der Waals surface area contributed by atoms with Crippen LogP contribution < -0.4 is 0 Å². The second-order valence-electron chi connectivity index (χ2n) is 4.99. The lowest BCUT2D eigenvalue weighted by Crippen LogP contribution is -1.78. The van der Waals surface area contributed by atoms with Crippen LogP contribution in [0.3, 0.4) is 0 Å². The summed E-state index contributed by atoms with van der Waals surface area (Å²) in [6.07, 6.45) is 4.03. The van der Waals surface area contributed by atoms with Gasteiger partial charge in [0.15, 0.2) is 5.69 Å². The Morgan fingerprint density at radius 2 is 1.27 bits per heavy atom. The Morgan fingerprint density at radius 3 is 2.00 bits per heavy atom. The Balaban J connectivity index is 1.82. The van der Waals surface area contributed by atoms with Gasteiger partial charge in [0.2, 0.25) is 0 Å². The predicted molar refractivity (Wildman–Crippen MR) is 93.5 cm³/mol. The molecule has 0 N–H and O–H groups in total. The van der Waals surface area contributed by atoms with Crippen molar-refractivity contribution in [2.24, 2.45) is 0 Å². The summed E-state index contributed by atoms with van der Waals surface area (Å²) in [5.41, 5.74) is 5.18. The zero-order chi connectivity index (χ0) is 15.2. The average molecular weight is 281 g/mol. The van der Waals surface area contributed by atoms with Crippen LogP contribution in [0.4, 0.5) is 5.69 Å². The number of para-hydroxylation sites is 1. The monoisotopic (exact) mass is 281 g/mol. The van der Waals surface area contributed by atoms with Crippen LogP contribution in [-0.2, 0) is 0 Å². The number of nitrogens with zero attached hydrogens (tertiary/aromatic N) is 1. The largest absolute Gasteiger partial charge is 0.238 e. The molecule has 3 aromatic rings. The van der Waals surface area contributed by atoms with Gasteiger partial charge in [-0.25, -0.2) is 4.85 Å². The molecule has 0 radical (unpaired) electrons. The van der Waals surface area contributed by atoms with Crippen molar-refractivity contribution in [3.05, 3.63) is 101 Å². The molecule has 0 bridgehead atoms. The van der Waals surface area contributed by atoms with Crippen LogP contribution >= 0.6 is 0 Å². The van der Waals surface area contributed by atoms with E-state index in [4.69, 9.17) is 6.57 Å². The summed E-state index contributed by atoms with van der Waals surface area (Å²) in [6, 6.07) is 26.4. The summed E-state index contributed by atoms with van der Waals surface area (Å²) < 4.78 is 0. The quantitative estimate of drug-likeness (QED) is 0.405. The lowest BCUT2D eigenvalue weighted by atomic mass is 10.0. The van der Waals surface area contributed by atoms with E-state index in [9.17, 15) is 0 Å². The molecule has 0 amide bonds. The van der Waals surface area contributed by atoms with E-state index in [1.807, 2.05) is 54.6 Å². The lowest BCUT2D eigenvalue weighted by Gasteiger charge is -2.02. The molecule has 1 nitrogen and oxygen atoms in total. The van der Waals surface area contributed by atoms with Gasteiger partial charge < -0.3 is 0 Å². The van der Waals surface area contributed by atoms with Crippen LogP contribution in [-0.4, -0.2) is 0 Å². The minimum absolute atomic E-state index is 0.680. The molecule has 0 aromatic heterocycles. The first-order chi connectivity index (χ1) is 10.9. The second-order valence-corrected chi connectivity index (χ2v) is 4.99. The fourth-order valence-electron chi connectivity index (χ4n) is 2.33. The molecule has 0 aliphatic heterocycles. The number of hydrogen-bond donors (Lipinski definition) is 0. The van der Waals surface area contributed by atoms with Gasteiger partial charge in [-0.1, -0.05) is 91.0 Å². The van der Waals surface area contributed by atoms with Gasteiger partial charge in [-0.15, -0.1) is 0 Å². The highest BCUT2D eigenvalue weighted by atomic mass is 14.6. The third kappa shape index (κ3) is 3.13. The van der Waals surface area contributed by atoms with Gasteiger partial charge in [0.25, 0.3) is 0 Å². The summed E-state index contributed by atoms with van der Waals surface area (Å²) in [5.74, 6) is 0. The van der Waals surface area contributed by atoms with Crippen LogP contribution in [0.5, 0.6) is 0 Å². The summed E-state index contributed by atoms with van der Waals surface area (Å²) in [7, 11) is 0. The summed E-state index contributed by atoms with van der Waals surface area (Å²) in [5, 5.41) is 0. The minimum atomic E-state index is 0.680. The molecule has 0 aliphatic rings. The lowest BCUT2D eigenvalue weighted by molar-refractivity contribution is 1.60. The van der Waals surface area contributed by atoms with Crippen molar-refractivity contribution in [1.29, 1.82) is 0 Å². The Bertz CT molecular complexity index is 822. The summed E-state index contributed by atoms with van der Waals surface area (Å²) in [4.78, 5) is 3.54. The Morgan fingerprint density at radius 1 is 0.636 bits per heavy atom. The van der Waals surface area contributed by atoms with Crippen LogP contribution in [0.2, 0.25) is 0 Å². The van der Waals surface area contributed by atoms with Gasteiger partial charge in [-0.3, -0.25) is 0 Å². The molecular formula is C21H15N. The van der Waals surface area contributed by atoms with Crippen molar-refractivity contribution in [2.75, 3.05) is 0 Å². The predicted octanol–water partition coefficient (Wildman–Crippen LogP) is 6.07. The molecule has 104 valence electrons. The average Bonchev–Trinajstić information content (AvgIpc) is 2.61. The Labute approximate surface area is 131 Å². The van der Waals surface area contributed by atoms with E-state index in [-0.39, 0.29) is 0 Å². The van der Waals surface area contributed by atoms with Crippen molar-refractivity contribution in [1.82, 2.24) is 0 Å². The Kier molecular flexibility index (Phi) is 4.13. The molecule has 0 aliphatic carbocycles. The first-order valence-corrected chi connectivity index (χ1v) is 7.17. The molecule has 1 heteroatoms. The third-order valence-corrected chi connectivity index (χ3v) is 3.53. The van der Waals surface area contributed by atoms with Gasteiger partial charge >= 0.3 is 0 Å². The first-order valence-electron chi connectivity index (χ1n) is 7.17. The van der Waals surface area contributed by atoms with Gasteiger partial charge in [-0.05, 0) is 22.3 Å². The van der Waals surface area contributed by atoms with Crippen LogP contribution in [0.1, 0.15) is 11.1 Å². The zero-order valence-electron chi connectivity index (χ0n) is 12.1. The second kappa shape index (κ2) is 6.56. The van der Waals surface area contributed by atoms with Gasteiger partial charge in [0, 0.05) is 0 Å². The SMILES string of the molecule is [C-]#[N+]c1ccccc1/C=C/c1ccc(-c2ccccc2)cc1. The van der Waals surface area contributed by atoms with Crippen molar-refractivity contribution in [3.63, 3.8) is 0 Å². The number of rotatable bonds is 3. The fraction of sp³-hybridized carbons (Fsp3) is 0. The van der Waals surface area contributed by atoms with Gasteiger partial charge in [0.1, 0.15) is 0 Å². The molecule has 22 heavy (non-hydrogen) atoms. The van der Waals surface area contributed by atoms with Gasteiger partial charge in [-0.2, -0.15) is 0 Å². The summed E-state index contributed by atoms with van der Waals surface area (Å²) >= 11 is 0. The maximum absolute atomic E-state index is 7.18. The highest BCUT2D eigenvalue weighted by Crippen LogP contribution is 2.22. The molecule has 3 aromatic carbocycles. The van der Waals surface area contributed by atoms with E-state index < -0.39 is 0 Å². The maximum atomic E-state index is 7.18. The topological polar surface area (TPSA) is 4.36 Å². The highest BCUT2D eigenvalue weighted by molar-refractivity contribution is 5.77. The van der Waals surface area contributed by atoms with E-state index in [1.54, 1.807) is 0 Å². The molecule has 0 heterocycles. The van der Waals surface area contributed by atoms with Crippen LogP contribution in [0, 0.1) is 6.57 Å². The third-order valence-electron chi connectivity index (χ3n) is 3.53. The van der Waals surface area contributed by atoms with Crippen LogP contribution in [0.25, 0.3) is 28.1 Å². The molecular weight excluding hydrogens is 266 g/mol. The van der Waals surface area contributed by atoms with E-state index >= 15 is 0 Å². The molecule has 3 rings (SSSR count). The normalized spacial score (nSPS) is 10.5. The van der Waals surface area contributed by atoms with Crippen molar-refractivity contribution < 1.29 is 0 Å².